The van der Waals surface area contributed by atoms with Gasteiger partial charge in [0.05, 0.1) is 18.8 Å². The number of amides is 1. The summed E-state index contributed by atoms with van der Waals surface area (Å²) >= 11 is 0. The van der Waals surface area contributed by atoms with E-state index >= 15 is 0 Å². The third-order valence-corrected chi connectivity index (χ3v) is 3.46. The second-order valence-electron chi connectivity index (χ2n) is 4.95. The van der Waals surface area contributed by atoms with E-state index in [1.165, 1.54) is 18.2 Å². The van der Waals surface area contributed by atoms with E-state index < -0.39 is 5.82 Å². The van der Waals surface area contributed by atoms with Crippen molar-refractivity contribution >= 4 is 17.3 Å². The molecule has 1 aromatic rings. The van der Waals surface area contributed by atoms with Gasteiger partial charge in [-0.2, -0.15) is 0 Å². The number of carbonyl (C=O) groups is 1. The van der Waals surface area contributed by atoms with Crippen molar-refractivity contribution in [2.75, 3.05) is 30.7 Å². The molecular formula is C15H24FN3O2. The molecule has 0 fully saturated rings. The molecule has 1 aromatic carbocycles. The fourth-order valence-corrected chi connectivity index (χ4v) is 2.34. The second kappa shape index (κ2) is 8.59. The standard InChI is InChI=1S/C15H24FN3O2/c1-3-12(4-2)19(7-8-20)10-15(21)18-14-9-11(17)5-6-13(14)16/h5-6,9,12,20H,3-4,7-8,10,17H2,1-2H3,(H,18,21). The van der Waals surface area contributed by atoms with Crippen LogP contribution in [0.15, 0.2) is 18.2 Å². The van der Waals surface area contributed by atoms with E-state index in [1.807, 2.05) is 18.7 Å². The smallest absolute Gasteiger partial charge is 0.238 e. The molecule has 0 aliphatic heterocycles. The van der Waals surface area contributed by atoms with Gasteiger partial charge in [0, 0.05) is 18.3 Å². The van der Waals surface area contributed by atoms with Gasteiger partial charge in [0.1, 0.15) is 5.82 Å². The first-order valence-corrected chi connectivity index (χ1v) is 7.21. The van der Waals surface area contributed by atoms with Crippen LogP contribution in [0.5, 0.6) is 0 Å². The van der Waals surface area contributed by atoms with Gasteiger partial charge < -0.3 is 16.2 Å². The van der Waals surface area contributed by atoms with Crippen molar-refractivity contribution in [1.82, 2.24) is 4.90 Å². The summed E-state index contributed by atoms with van der Waals surface area (Å²) in [7, 11) is 0. The summed E-state index contributed by atoms with van der Waals surface area (Å²) in [6.45, 7) is 4.58. The fraction of sp³-hybridized carbons (Fsp3) is 0.533. The molecule has 0 saturated carbocycles. The van der Waals surface area contributed by atoms with Gasteiger partial charge in [-0.3, -0.25) is 9.69 Å². The highest BCUT2D eigenvalue weighted by atomic mass is 19.1. The molecule has 0 saturated heterocycles. The van der Waals surface area contributed by atoms with Crippen LogP contribution >= 0.6 is 0 Å². The Bertz CT molecular complexity index is 464. The molecular weight excluding hydrogens is 273 g/mol. The highest BCUT2D eigenvalue weighted by Crippen LogP contribution is 2.17. The molecule has 1 amide bonds. The largest absolute Gasteiger partial charge is 0.399 e. The predicted molar refractivity (Wildman–Crippen MR) is 82.5 cm³/mol. The highest BCUT2D eigenvalue weighted by Gasteiger charge is 2.18. The van der Waals surface area contributed by atoms with Gasteiger partial charge in [-0.25, -0.2) is 4.39 Å². The maximum Gasteiger partial charge on any atom is 0.238 e. The van der Waals surface area contributed by atoms with E-state index in [0.717, 1.165) is 12.8 Å². The third-order valence-electron chi connectivity index (χ3n) is 3.46. The maximum absolute atomic E-state index is 13.6. The normalized spacial score (nSPS) is 11.1. The van der Waals surface area contributed by atoms with Crippen LogP contribution in [0, 0.1) is 5.82 Å². The number of hydrogen-bond donors (Lipinski definition) is 3. The van der Waals surface area contributed by atoms with Crippen LogP contribution in [-0.4, -0.2) is 41.7 Å². The van der Waals surface area contributed by atoms with Crippen LogP contribution in [0.4, 0.5) is 15.8 Å². The van der Waals surface area contributed by atoms with Gasteiger partial charge in [-0.05, 0) is 31.0 Å². The summed E-state index contributed by atoms with van der Waals surface area (Å²) in [6.07, 6.45) is 1.77. The Morgan fingerprint density at radius 3 is 2.67 bits per heavy atom. The van der Waals surface area contributed by atoms with Crippen LogP contribution in [0.2, 0.25) is 0 Å². The minimum absolute atomic E-state index is 0.0174. The molecule has 118 valence electrons. The zero-order valence-corrected chi connectivity index (χ0v) is 12.6. The minimum Gasteiger partial charge on any atom is -0.399 e. The van der Waals surface area contributed by atoms with Gasteiger partial charge in [-0.1, -0.05) is 13.8 Å². The molecule has 0 atom stereocenters. The van der Waals surface area contributed by atoms with Gasteiger partial charge in [0.25, 0.3) is 0 Å². The maximum atomic E-state index is 13.6. The molecule has 0 heterocycles. The predicted octanol–water partition coefficient (Wildman–Crippen LogP) is 1.83. The van der Waals surface area contributed by atoms with E-state index in [0.29, 0.717) is 12.2 Å². The number of nitrogen functional groups attached to an aromatic ring is 1. The molecule has 0 aliphatic carbocycles. The van der Waals surface area contributed by atoms with Gasteiger partial charge >= 0.3 is 0 Å². The number of anilines is 2. The van der Waals surface area contributed by atoms with E-state index in [-0.39, 0.29) is 30.8 Å². The Morgan fingerprint density at radius 1 is 1.43 bits per heavy atom. The number of nitrogens with one attached hydrogen (secondary N) is 1. The van der Waals surface area contributed by atoms with E-state index in [9.17, 15) is 9.18 Å². The second-order valence-corrected chi connectivity index (χ2v) is 4.95. The number of nitrogens with two attached hydrogens (primary N) is 1. The van der Waals surface area contributed by atoms with Crippen molar-refractivity contribution in [1.29, 1.82) is 0 Å². The van der Waals surface area contributed by atoms with Crippen molar-refractivity contribution < 1.29 is 14.3 Å². The zero-order valence-electron chi connectivity index (χ0n) is 12.6. The van der Waals surface area contributed by atoms with E-state index in [4.69, 9.17) is 10.8 Å². The van der Waals surface area contributed by atoms with Crippen LogP contribution < -0.4 is 11.1 Å². The Kier molecular flexibility index (Phi) is 7.11. The van der Waals surface area contributed by atoms with Gasteiger partial charge in [0.15, 0.2) is 0 Å². The van der Waals surface area contributed by atoms with Gasteiger partial charge in [0.2, 0.25) is 5.91 Å². The molecule has 4 N–H and O–H groups in total. The topological polar surface area (TPSA) is 78.6 Å². The fourth-order valence-electron chi connectivity index (χ4n) is 2.34. The summed E-state index contributed by atoms with van der Waals surface area (Å²) in [5.41, 5.74) is 6.05. The lowest BCUT2D eigenvalue weighted by molar-refractivity contribution is -0.118. The lowest BCUT2D eigenvalue weighted by Gasteiger charge is -2.29. The summed E-state index contributed by atoms with van der Waals surface area (Å²) < 4.78 is 13.6. The molecule has 5 nitrogen and oxygen atoms in total. The van der Waals surface area contributed by atoms with Crippen molar-refractivity contribution in [3.05, 3.63) is 24.0 Å². The molecule has 0 radical (unpaired) electrons. The molecule has 0 aliphatic rings. The average molecular weight is 297 g/mol. The number of aliphatic hydroxyl groups is 1. The van der Waals surface area contributed by atoms with Crippen molar-refractivity contribution in [2.24, 2.45) is 0 Å². The quantitative estimate of drug-likeness (QED) is 0.640. The molecule has 0 unspecified atom stereocenters. The van der Waals surface area contributed by atoms with Crippen LogP contribution in [0.3, 0.4) is 0 Å². The Balaban J connectivity index is 2.71. The van der Waals surface area contributed by atoms with Crippen LogP contribution in [0.1, 0.15) is 26.7 Å². The van der Waals surface area contributed by atoms with E-state index in [2.05, 4.69) is 5.32 Å². The number of aliphatic hydroxyl groups excluding tert-OH is 1. The van der Waals surface area contributed by atoms with Crippen molar-refractivity contribution in [3.8, 4) is 0 Å². The average Bonchev–Trinajstić information content (AvgIpc) is 2.44. The van der Waals surface area contributed by atoms with Crippen molar-refractivity contribution in [2.45, 2.75) is 32.7 Å². The Labute approximate surface area is 124 Å². The van der Waals surface area contributed by atoms with E-state index in [1.54, 1.807) is 0 Å². The third kappa shape index (κ3) is 5.32. The first-order valence-electron chi connectivity index (χ1n) is 7.21. The first-order chi connectivity index (χ1) is 10.0. The van der Waals surface area contributed by atoms with Crippen molar-refractivity contribution in [3.63, 3.8) is 0 Å². The lowest BCUT2D eigenvalue weighted by Crippen LogP contribution is -2.42. The SMILES string of the molecule is CCC(CC)N(CCO)CC(=O)Nc1cc(N)ccc1F. The summed E-state index contributed by atoms with van der Waals surface area (Å²) in [6, 6.07) is 4.26. The number of benzene rings is 1. The number of carbonyl (C=O) groups excluding carboxylic acids is 1. The molecule has 6 heteroatoms. The molecule has 0 aromatic heterocycles. The number of rotatable bonds is 8. The summed E-state index contributed by atoms with van der Waals surface area (Å²) in [5, 5.41) is 11.6. The molecule has 0 spiro atoms. The van der Waals surface area contributed by atoms with Crippen LogP contribution in [0.25, 0.3) is 0 Å². The summed E-state index contributed by atoms with van der Waals surface area (Å²) in [5.74, 6) is -0.839. The first kappa shape index (κ1) is 17.4. The number of halogens is 1. The summed E-state index contributed by atoms with van der Waals surface area (Å²) in [4.78, 5) is 14.0. The highest BCUT2D eigenvalue weighted by molar-refractivity contribution is 5.92. The lowest BCUT2D eigenvalue weighted by atomic mass is 10.1. The minimum atomic E-state index is -0.520. The zero-order chi connectivity index (χ0) is 15.8. The molecule has 1 rings (SSSR count). The monoisotopic (exact) mass is 297 g/mol. The number of nitrogens with zero attached hydrogens (tertiary/aromatic N) is 1. The molecule has 0 bridgehead atoms. The molecule has 21 heavy (non-hydrogen) atoms. The Hall–Kier alpha value is -1.66. The van der Waals surface area contributed by atoms with Gasteiger partial charge in [-0.15, -0.1) is 0 Å². The van der Waals surface area contributed by atoms with Crippen LogP contribution in [-0.2, 0) is 4.79 Å². The number of hydrogen-bond acceptors (Lipinski definition) is 4. The Morgan fingerprint density at radius 2 is 2.10 bits per heavy atom.